The molecule has 5 heteroatoms. The second-order valence-corrected chi connectivity index (χ2v) is 6.58. The van der Waals surface area contributed by atoms with E-state index in [9.17, 15) is 4.79 Å². The SMILES string of the molecule is CC(C)C1(C(=O)Nc2ccc(Br)c(Cl)c2)CCNC1. The van der Waals surface area contributed by atoms with Crippen LogP contribution >= 0.6 is 27.5 Å². The van der Waals surface area contributed by atoms with Crippen molar-refractivity contribution in [1.82, 2.24) is 5.32 Å². The fourth-order valence-corrected chi connectivity index (χ4v) is 2.92. The topological polar surface area (TPSA) is 41.1 Å². The lowest BCUT2D eigenvalue weighted by Crippen LogP contribution is -2.42. The monoisotopic (exact) mass is 344 g/mol. The van der Waals surface area contributed by atoms with E-state index in [4.69, 9.17) is 11.6 Å². The van der Waals surface area contributed by atoms with Crippen molar-refractivity contribution >= 4 is 39.1 Å². The molecule has 0 bridgehead atoms. The molecule has 1 heterocycles. The van der Waals surface area contributed by atoms with E-state index in [2.05, 4.69) is 40.4 Å². The first kappa shape index (κ1) is 14.8. The van der Waals surface area contributed by atoms with Crippen molar-refractivity contribution in [3.63, 3.8) is 0 Å². The van der Waals surface area contributed by atoms with Crippen LogP contribution in [0.3, 0.4) is 0 Å². The number of carbonyl (C=O) groups is 1. The van der Waals surface area contributed by atoms with Gasteiger partial charge >= 0.3 is 0 Å². The van der Waals surface area contributed by atoms with E-state index in [1.165, 1.54) is 0 Å². The predicted octanol–water partition coefficient (Wildman–Crippen LogP) is 3.68. The van der Waals surface area contributed by atoms with Crippen molar-refractivity contribution in [2.75, 3.05) is 18.4 Å². The van der Waals surface area contributed by atoms with E-state index in [1.807, 2.05) is 12.1 Å². The van der Waals surface area contributed by atoms with Gasteiger partial charge in [0.15, 0.2) is 0 Å². The normalized spacial score (nSPS) is 22.8. The maximum Gasteiger partial charge on any atom is 0.232 e. The molecule has 1 aromatic carbocycles. The molecule has 1 amide bonds. The first-order chi connectivity index (χ1) is 8.95. The molecule has 19 heavy (non-hydrogen) atoms. The van der Waals surface area contributed by atoms with Crippen molar-refractivity contribution in [3.8, 4) is 0 Å². The number of hydrogen-bond donors (Lipinski definition) is 2. The number of nitrogens with one attached hydrogen (secondary N) is 2. The quantitative estimate of drug-likeness (QED) is 0.877. The fraction of sp³-hybridized carbons (Fsp3) is 0.500. The highest BCUT2D eigenvalue weighted by molar-refractivity contribution is 9.10. The molecule has 2 rings (SSSR count). The zero-order valence-electron chi connectivity index (χ0n) is 11.1. The first-order valence-electron chi connectivity index (χ1n) is 6.43. The van der Waals surface area contributed by atoms with Crippen LogP contribution in [-0.2, 0) is 4.79 Å². The predicted molar refractivity (Wildman–Crippen MR) is 82.5 cm³/mol. The summed E-state index contributed by atoms with van der Waals surface area (Å²) in [5.74, 6) is 0.374. The highest BCUT2D eigenvalue weighted by Crippen LogP contribution is 2.36. The molecule has 0 aliphatic carbocycles. The standard InChI is InChI=1S/C14H18BrClN2O/c1-9(2)14(5-6-17-8-14)13(19)18-10-3-4-11(15)12(16)7-10/h3-4,7,9,17H,5-6,8H2,1-2H3,(H,18,19). The van der Waals surface area contributed by atoms with E-state index in [-0.39, 0.29) is 11.3 Å². The molecule has 0 saturated carbocycles. The fourth-order valence-electron chi connectivity index (χ4n) is 2.49. The van der Waals surface area contributed by atoms with Gasteiger partial charge in [-0.3, -0.25) is 4.79 Å². The van der Waals surface area contributed by atoms with Crippen molar-refractivity contribution in [1.29, 1.82) is 0 Å². The Balaban J connectivity index is 2.17. The highest BCUT2D eigenvalue weighted by Gasteiger charge is 2.43. The smallest absolute Gasteiger partial charge is 0.232 e. The second kappa shape index (κ2) is 5.81. The van der Waals surface area contributed by atoms with Crippen molar-refractivity contribution in [2.45, 2.75) is 20.3 Å². The van der Waals surface area contributed by atoms with Gasteiger partial charge in [0.25, 0.3) is 0 Å². The summed E-state index contributed by atoms with van der Waals surface area (Å²) in [6, 6.07) is 5.46. The average molecular weight is 346 g/mol. The lowest BCUT2D eigenvalue weighted by atomic mass is 9.75. The molecule has 1 aliphatic heterocycles. The highest BCUT2D eigenvalue weighted by atomic mass is 79.9. The Bertz CT molecular complexity index is 484. The third kappa shape index (κ3) is 2.96. The number of hydrogen-bond acceptors (Lipinski definition) is 2. The summed E-state index contributed by atoms with van der Waals surface area (Å²) in [6.45, 7) is 5.83. The van der Waals surface area contributed by atoms with Crippen molar-refractivity contribution in [2.24, 2.45) is 11.3 Å². The third-order valence-corrected chi connectivity index (χ3v) is 5.16. The maximum absolute atomic E-state index is 12.6. The Hall–Kier alpha value is -0.580. The molecule has 1 atom stereocenters. The Morgan fingerprint density at radius 3 is 2.79 bits per heavy atom. The molecule has 2 N–H and O–H groups in total. The molecule has 0 spiro atoms. The van der Waals surface area contributed by atoms with Crippen LogP contribution in [0.5, 0.6) is 0 Å². The van der Waals surface area contributed by atoms with Gasteiger partial charge < -0.3 is 10.6 Å². The molecule has 0 radical (unpaired) electrons. The van der Waals surface area contributed by atoms with Gasteiger partial charge in [0.05, 0.1) is 10.4 Å². The van der Waals surface area contributed by atoms with Crippen LogP contribution in [0.15, 0.2) is 22.7 Å². The zero-order valence-corrected chi connectivity index (χ0v) is 13.4. The summed E-state index contributed by atoms with van der Waals surface area (Å²) in [5.41, 5.74) is 0.421. The second-order valence-electron chi connectivity index (χ2n) is 5.32. The Morgan fingerprint density at radius 1 is 1.53 bits per heavy atom. The Morgan fingerprint density at radius 2 is 2.26 bits per heavy atom. The Labute approximate surface area is 127 Å². The average Bonchev–Trinajstić information content (AvgIpc) is 2.84. The van der Waals surface area contributed by atoms with Gasteiger partial charge in [0, 0.05) is 16.7 Å². The summed E-state index contributed by atoms with van der Waals surface area (Å²) in [6.07, 6.45) is 0.876. The molecule has 1 fully saturated rings. The number of anilines is 1. The van der Waals surface area contributed by atoms with E-state index in [0.717, 1.165) is 29.7 Å². The zero-order chi connectivity index (χ0) is 14.0. The van der Waals surface area contributed by atoms with Gasteiger partial charge in [-0.1, -0.05) is 25.4 Å². The largest absolute Gasteiger partial charge is 0.326 e. The van der Waals surface area contributed by atoms with E-state index < -0.39 is 0 Å². The summed E-state index contributed by atoms with van der Waals surface area (Å²) >= 11 is 9.38. The van der Waals surface area contributed by atoms with Crippen LogP contribution in [0.4, 0.5) is 5.69 Å². The van der Waals surface area contributed by atoms with Gasteiger partial charge in [-0.05, 0) is 53.0 Å². The van der Waals surface area contributed by atoms with Gasteiger partial charge in [-0.15, -0.1) is 0 Å². The lowest BCUT2D eigenvalue weighted by Gasteiger charge is -2.31. The van der Waals surface area contributed by atoms with Gasteiger partial charge in [-0.2, -0.15) is 0 Å². The molecule has 104 valence electrons. The van der Waals surface area contributed by atoms with Crippen LogP contribution in [0.25, 0.3) is 0 Å². The summed E-state index contributed by atoms with van der Waals surface area (Å²) < 4.78 is 0.827. The van der Waals surface area contributed by atoms with Crippen LogP contribution in [0, 0.1) is 11.3 Å². The van der Waals surface area contributed by atoms with Gasteiger partial charge in [-0.25, -0.2) is 0 Å². The van der Waals surface area contributed by atoms with Crippen LogP contribution < -0.4 is 10.6 Å². The van der Waals surface area contributed by atoms with E-state index >= 15 is 0 Å². The van der Waals surface area contributed by atoms with Crippen LogP contribution in [-0.4, -0.2) is 19.0 Å². The maximum atomic E-state index is 12.6. The Kier molecular flexibility index (Phi) is 4.54. The number of halogens is 2. The van der Waals surface area contributed by atoms with Crippen molar-refractivity contribution in [3.05, 3.63) is 27.7 Å². The van der Waals surface area contributed by atoms with E-state index in [1.54, 1.807) is 6.07 Å². The van der Waals surface area contributed by atoms with Gasteiger partial charge in [0.2, 0.25) is 5.91 Å². The molecular formula is C14H18BrClN2O. The minimum absolute atomic E-state index is 0.0749. The minimum atomic E-state index is -0.320. The number of amides is 1. The lowest BCUT2D eigenvalue weighted by molar-refractivity contribution is -0.126. The summed E-state index contributed by atoms with van der Waals surface area (Å²) in [4.78, 5) is 12.6. The molecule has 0 aromatic heterocycles. The summed E-state index contributed by atoms with van der Waals surface area (Å²) in [7, 11) is 0. The van der Waals surface area contributed by atoms with Crippen molar-refractivity contribution < 1.29 is 4.79 Å². The number of carbonyl (C=O) groups excluding carboxylic acids is 1. The summed E-state index contributed by atoms with van der Waals surface area (Å²) in [5, 5.41) is 6.88. The molecule has 1 aromatic rings. The third-order valence-electron chi connectivity index (χ3n) is 3.92. The molecule has 1 aliphatic rings. The minimum Gasteiger partial charge on any atom is -0.326 e. The molecule has 3 nitrogen and oxygen atoms in total. The number of benzene rings is 1. The molecule has 1 unspecified atom stereocenters. The molecular weight excluding hydrogens is 328 g/mol. The van der Waals surface area contributed by atoms with Crippen LogP contribution in [0.2, 0.25) is 5.02 Å². The van der Waals surface area contributed by atoms with Gasteiger partial charge in [0.1, 0.15) is 0 Å². The molecule has 1 saturated heterocycles. The van der Waals surface area contributed by atoms with E-state index in [0.29, 0.717) is 10.9 Å². The van der Waals surface area contributed by atoms with Crippen LogP contribution in [0.1, 0.15) is 20.3 Å². The number of rotatable bonds is 3. The first-order valence-corrected chi connectivity index (χ1v) is 7.60.